The van der Waals surface area contributed by atoms with Crippen LogP contribution in [0.5, 0.6) is 0 Å². The smallest absolute Gasteiger partial charge is 0.328 e. The summed E-state index contributed by atoms with van der Waals surface area (Å²) >= 11 is 0. The Morgan fingerprint density at radius 1 is 1.40 bits per heavy atom. The summed E-state index contributed by atoms with van der Waals surface area (Å²) in [5.74, 6) is -1.16. The van der Waals surface area contributed by atoms with E-state index in [9.17, 15) is 14.0 Å². The second-order valence-electron chi connectivity index (χ2n) is 4.88. The first kappa shape index (κ1) is 14.5. The van der Waals surface area contributed by atoms with E-state index < -0.39 is 17.8 Å². The molecule has 1 aromatic carbocycles. The number of aryl methyl sites for hydroxylation is 1. The number of carbonyl (C=O) groups is 2. The molecule has 5 heteroatoms. The van der Waals surface area contributed by atoms with Gasteiger partial charge in [0.25, 0.3) is 5.91 Å². The van der Waals surface area contributed by atoms with Crippen LogP contribution in [0.1, 0.15) is 35.7 Å². The highest BCUT2D eigenvalue weighted by atomic mass is 19.1. The third kappa shape index (κ3) is 2.81. The molecule has 1 aliphatic heterocycles. The van der Waals surface area contributed by atoms with Crippen molar-refractivity contribution >= 4 is 11.9 Å². The maximum atomic E-state index is 13.5. The minimum Gasteiger partial charge on any atom is -0.467 e. The van der Waals surface area contributed by atoms with Crippen molar-refractivity contribution in [3.05, 3.63) is 35.1 Å². The zero-order chi connectivity index (χ0) is 14.7. The highest BCUT2D eigenvalue weighted by Crippen LogP contribution is 2.22. The number of nitrogens with zero attached hydrogens (tertiary/aromatic N) is 1. The molecule has 0 aromatic heterocycles. The van der Waals surface area contributed by atoms with Crippen molar-refractivity contribution in [1.82, 2.24) is 4.90 Å². The zero-order valence-corrected chi connectivity index (χ0v) is 11.7. The van der Waals surface area contributed by atoms with Gasteiger partial charge in [-0.2, -0.15) is 0 Å². The largest absolute Gasteiger partial charge is 0.467 e. The van der Waals surface area contributed by atoms with Crippen LogP contribution in [0.3, 0.4) is 0 Å². The summed E-state index contributed by atoms with van der Waals surface area (Å²) in [6, 6.07) is 3.76. The second-order valence-corrected chi connectivity index (χ2v) is 4.88. The number of carbonyl (C=O) groups excluding carboxylic acids is 2. The highest BCUT2D eigenvalue weighted by molar-refractivity contribution is 5.97. The predicted molar refractivity (Wildman–Crippen MR) is 71.9 cm³/mol. The van der Waals surface area contributed by atoms with Crippen LogP contribution in [0.25, 0.3) is 0 Å². The minimum absolute atomic E-state index is 0.289. The lowest BCUT2D eigenvalue weighted by molar-refractivity contribution is -0.145. The third-order valence-electron chi connectivity index (χ3n) is 3.60. The quantitative estimate of drug-likeness (QED) is 0.797. The Morgan fingerprint density at radius 2 is 2.15 bits per heavy atom. The summed E-state index contributed by atoms with van der Waals surface area (Å²) in [5.41, 5.74) is 1.06. The molecule has 4 nitrogen and oxygen atoms in total. The number of hydrogen-bond acceptors (Lipinski definition) is 3. The van der Waals surface area contributed by atoms with Crippen LogP contribution in [0, 0.1) is 5.82 Å². The van der Waals surface area contributed by atoms with Crippen LogP contribution >= 0.6 is 0 Å². The van der Waals surface area contributed by atoms with Gasteiger partial charge in [0.05, 0.1) is 7.11 Å². The number of rotatable bonds is 3. The lowest BCUT2D eigenvalue weighted by Gasteiger charge is -2.23. The highest BCUT2D eigenvalue weighted by Gasteiger charge is 2.35. The maximum absolute atomic E-state index is 13.5. The monoisotopic (exact) mass is 279 g/mol. The first-order valence-corrected chi connectivity index (χ1v) is 6.75. The van der Waals surface area contributed by atoms with Gasteiger partial charge in [-0.05, 0) is 43.0 Å². The Morgan fingerprint density at radius 3 is 2.80 bits per heavy atom. The molecule has 1 aromatic rings. The summed E-state index contributed by atoms with van der Waals surface area (Å²) in [5, 5.41) is 0. The molecule has 20 heavy (non-hydrogen) atoms. The van der Waals surface area contributed by atoms with Crippen LogP contribution in [0.2, 0.25) is 0 Å². The molecule has 0 spiro atoms. The Bertz CT molecular complexity index is 530. The third-order valence-corrected chi connectivity index (χ3v) is 3.60. The van der Waals surface area contributed by atoms with E-state index in [0.29, 0.717) is 19.4 Å². The summed E-state index contributed by atoms with van der Waals surface area (Å²) in [6.45, 7) is 2.40. The predicted octanol–water partition coefficient (Wildman–Crippen LogP) is 2.17. The van der Waals surface area contributed by atoms with Gasteiger partial charge in [0.1, 0.15) is 11.9 Å². The molecule has 0 N–H and O–H groups in total. The molecule has 2 rings (SSSR count). The van der Waals surface area contributed by atoms with Crippen molar-refractivity contribution in [2.24, 2.45) is 0 Å². The summed E-state index contributed by atoms with van der Waals surface area (Å²) < 4.78 is 18.2. The molecule has 1 heterocycles. The number of halogens is 1. The topological polar surface area (TPSA) is 46.6 Å². The van der Waals surface area contributed by atoms with Crippen molar-refractivity contribution in [1.29, 1.82) is 0 Å². The van der Waals surface area contributed by atoms with Crippen molar-refractivity contribution in [3.63, 3.8) is 0 Å². The van der Waals surface area contributed by atoms with Gasteiger partial charge in [-0.15, -0.1) is 0 Å². The summed E-state index contributed by atoms with van der Waals surface area (Å²) in [7, 11) is 1.31. The normalized spacial score (nSPS) is 18.1. The van der Waals surface area contributed by atoms with Gasteiger partial charge in [0.2, 0.25) is 0 Å². The summed E-state index contributed by atoms with van der Waals surface area (Å²) in [4.78, 5) is 25.6. The van der Waals surface area contributed by atoms with Crippen molar-refractivity contribution in [2.45, 2.75) is 32.2 Å². The standard InChI is InChI=1S/C15H18FNO3/c1-3-10-7-11(9-12(16)8-10)14(18)17-6-4-5-13(17)15(19)20-2/h7-9,13H,3-6H2,1-2H3. The van der Waals surface area contributed by atoms with E-state index in [4.69, 9.17) is 4.74 Å². The fourth-order valence-corrected chi connectivity index (χ4v) is 2.53. The van der Waals surface area contributed by atoms with Gasteiger partial charge >= 0.3 is 5.97 Å². The van der Waals surface area contributed by atoms with Gasteiger partial charge in [-0.3, -0.25) is 4.79 Å². The average Bonchev–Trinajstić information content (AvgIpc) is 2.94. The Balaban J connectivity index is 2.26. The van der Waals surface area contributed by atoms with Gasteiger partial charge in [-0.1, -0.05) is 6.92 Å². The SMILES string of the molecule is CCc1cc(F)cc(C(=O)N2CCCC2C(=O)OC)c1. The molecule has 1 saturated heterocycles. The Labute approximate surface area is 117 Å². The van der Waals surface area contributed by atoms with E-state index in [1.165, 1.54) is 24.1 Å². The van der Waals surface area contributed by atoms with Gasteiger partial charge in [0, 0.05) is 12.1 Å². The average molecular weight is 279 g/mol. The number of esters is 1. The number of ether oxygens (including phenoxy) is 1. The summed E-state index contributed by atoms with van der Waals surface area (Å²) in [6.07, 6.45) is 1.99. The number of likely N-dealkylation sites (tertiary alicyclic amines) is 1. The van der Waals surface area contributed by atoms with E-state index in [-0.39, 0.29) is 11.5 Å². The number of methoxy groups -OCH3 is 1. The van der Waals surface area contributed by atoms with E-state index >= 15 is 0 Å². The maximum Gasteiger partial charge on any atom is 0.328 e. The molecule has 108 valence electrons. The molecule has 0 aliphatic carbocycles. The molecule has 1 fully saturated rings. The van der Waals surface area contributed by atoms with Crippen LogP contribution < -0.4 is 0 Å². The molecular weight excluding hydrogens is 261 g/mol. The second kappa shape index (κ2) is 6.03. The molecule has 1 unspecified atom stereocenters. The fourth-order valence-electron chi connectivity index (χ4n) is 2.53. The molecule has 0 bridgehead atoms. The minimum atomic E-state index is -0.555. The molecule has 1 aliphatic rings. The molecular formula is C15H18FNO3. The van der Waals surface area contributed by atoms with Crippen LogP contribution in [0.4, 0.5) is 4.39 Å². The van der Waals surface area contributed by atoms with E-state index in [1.807, 2.05) is 6.92 Å². The zero-order valence-electron chi connectivity index (χ0n) is 11.7. The lowest BCUT2D eigenvalue weighted by atomic mass is 10.1. The van der Waals surface area contributed by atoms with Gasteiger partial charge < -0.3 is 9.64 Å². The van der Waals surface area contributed by atoms with E-state index in [1.54, 1.807) is 6.07 Å². The first-order valence-electron chi connectivity index (χ1n) is 6.75. The molecule has 0 radical (unpaired) electrons. The van der Waals surface area contributed by atoms with E-state index in [0.717, 1.165) is 12.0 Å². The van der Waals surface area contributed by atoms with Crippen LogP contribution in [0.15, 0.2) is 18.2 Å². The first-order chi connectivity index (χ1) is 9.56. The molecule has 1 atom stereocenters. The fraction of sp³-hybridized carbons (Fsp3) is 0.467. The number of hydrogen-bond donors (Lipinski definition) is 0. The van der Waals surface area contributed by atoms with E-state index in [2.05, 4.69) is 0 Å². The molecule has 0 saturated carbocycles. The van der Waals surface area contributed by atoms with Crippen LogP contribution in [-0.2, 0) is 16.0 Å². The number of amides is 1. The van der Waals surface area contributed by atoms with Crippen molar-refractivity contribution in [3.8, 4) is 0 Å². The van der Waals surface area contributed by atoms with Gasteiger partial charge in [0.15, 0.2) is 0 Å². The number of benzene rings is 1. The Kier molecular flexibility index (Phi) is 4.37. The van der Waals surface area contributed by atoms with Crippen LogP contribution in [-0.4, -0.2) is 36.5 Å². The Hall–Kier alpha value is -1.91. The lowest BCUT2D eigenvalue weighted by Crippen LogP contribution is -2.41. The molecule has 1 amide bonds. The van der Waals surface area contributed by atoms with Crippen molar-refractivity contribution < 1.29 is 18.7 Å². The van der Waals surface area contributed by atoms with Crippen molar-refractivity contribution in [2.75, 3.05) is 13.7 Å². The van der Waals surface area contributed by atoms with Gasteiger partial charge in [-0.25, -0.2) is 9.18 Å².